The number of rotatable bonds is 5. The molecule has 0 spiro atoms. The lowest BCUT2D eigenvalue weighted by Crippen LogP contribution is -2.31. The molecule has 3 heteroatoms. The molecular formula is C16H25FN2. The van der Waals surface area contributed by atoms with Crippen LogP contribution in [0.15, 0.2) is 18.2 Å². The highest BCUT2D eigenvalue weighted by Gasteiger charge is 2.27. The van der Waals surface area contributed by atoms with Crippen molar-refractivity contribution in [1.29, 1.82) is 0 Å². The Morgan fingerprint density at radius 3 is 2.89 bits per heavy atom. The fourth-order valence-electron chi connectivity index (χ4n) is 3.19. The molecule has 1 fully saturated rings. The van der Waals surface area contributed by atoms with Gasteiger partial charge in [0.15, 0.2) is 0 Å². The maximum atomic E-state index is 14.2. The van der Waals surface area contributed by atoms with E-state index >= 15 is 0 Å². The molecule has 1 heterocycles. The van der Waals surface area contributed by atoms with Crippen LogP contribution < -0.4 is 10.2 Å². The van der Waals surface area contributed by atoms with Crippen LogP contribution in [0.4, 0.5) is 10.1 Å². The number of nitrogens with zero attached hydrogens (tertiary/aromatic N) is 1. The van der Waals surface area contributed by atoms with E-state index < -0.39 is 0 Å². The van der Waals surface area contributed by atoms with E-state index in [1.165, 1.54) is 12.8 Å². The van der Waals surface area contributed by atoms with Crippen molar-refractivity contribution >= 4 is 5.69 Å². The van der Waals surface area contributed by atoms with E-state index in [1.807, 2.05) is 13.0 Å². The highest BCUT2D eigenvalue weighted by Crippen LogP contribution is 2.34. The minimum Gasteiger partial charge on any atom is -0.368 e. The van der Waals surface area contributed by atoms with Crippen LogP contribution in [0.25, 0.3) is 0 Å². The molecule has 1 saturated heterocycles. The molecule has 0 amide bonds. The van der Waals surface area contributed by atoms with E-state index in [-0.39, 0.29) is 11.9 Å². The quantitative estimate of drug-likeness (QED) is 0.868. The fourth-order valence-corrected chi connectivity index (χ4v) is 3.19. The lowest BCUT2D eigenvalue weighted by atomic mass is 10.0. The molecule has 0 radical (unpaired) electrons. The normalized spacial score (nSPS) is 20.8. The second kappa shape index (κ2) is 6.38. The average Bonchev–Trinajstić information content (AvgIpc) is 2.86. The summed E-state index contributed by atoms with van der Waals surface area (Å²) in [6, 6.07) is 6.09. The number of hydrogen-bond acceptors (Lipinski definition) is 2. The Balaban J connectivity index is 2.36. The lowest BCUT2D eigenvalue weighted by molar-refractivity contribution is 0.536. The smallest absolute Gasteiger partial charge is 0.130 e. The van der Waals surface area contributed by atoms with Gasteiger partial charge in [-0.05, 0) is 44.9 Å². The Bertz CT molecular complexity index is 419. The van der Waals surface area contributed by atoms with Crippen molar-refractivity contribution in [2.75, 3.05) is 18.0 Å². The molecule has 1 N–H and O–H groups in total. The van der Waals surface area contributed by atoms with Crippen LogP contribution in [-0.4, -0.2) is 19.1 Å². The average molecular weight is 264 g/mol. The largest absolute Gasteiger partial charge is 0.368 e. The molecule has 2 nitrogen and oxygen atoms in total. The Hall–Kier alpha value is -1.09. The van der Waals surface area contributed by atoms with Crippen LogP contribution in [0.2, 0.25) is 0 Å². The minimum absolute atomic E-state index is 0.0549. The third kappa shape index (κ3) is 2.92. The van der Waals surface area contributed by atoms with E-state index in [0.29, 0.717) is 6.04 Å². The number of anilines is 1. The van der Waals surface area contributed by atoms with Crippen LogP contribution in [0, 0.1) is 5.82 Å². The number of halogens is 1. The van der Waals surface area contributed by atoms with Gasteiger partial charge in [-0.2, -0.15) is 0 Å². The predicted molar refractivity (Wildman–Crippen MR) is 79.2 cm³/mol. The fraction of sp³-hybridized carbons (Fsp3) is 0.625. The van der Waals surface area contributed by atoms with Crippen LogP contribution in [-0.2, 0) is 0 Å². The van der Waals surface area contributed by atoms with Crippen LogP contribution >= 0.6 is 0 Å². The van der Waals surface area contributed by atoms with Gasteiger partial charge < -0.3 is 10.2 Å². The molecule has 2 unspecified atom stereocenters. The molecule has 1 aromatic rings. The van der Waals surface area contributed by atoms with Gasteiger partial charge in [0.1, 0.15) is 5.82 Å². The second-order valence-corrected chi connectivity index (χ2v) is 5.35. The molecule has 0 aliphatic carbocycles. The zero-order valence-electron chi connectivity index (χ0n) is 12.2. The Morgan fingerprint density at radius 2 is 2.21 bits per heavy atom. The monoisotopic (exact) mass is 264 g/mol. The second-order valence-electron chi connectivity index (χ2n) is 5.35. The maximum absolute atomic E-state index is 14.2. The maximum Gasteiger partial charge on any atom is 0.130 e. The van der Waals surface area contributed by atoms with Gasteiger partial charge in [0.25, 0.3) is 0 Å². The van der Waals surface area contributed by atoms with Crippen LogP contribution in [0.1, 0.15) is 51.6 Å². The summed E-state index contributed by atoms with van der Waals surface area (Å²) >= 11 is 0. The summed E-state index contributed by atoms with van der Waals surface area (Å²) in [5.41, 5.74) is 1.91. The molecular weight excluding hydrogens is 239 g/mol. The van der Waals surface area contributed by atoms with E-state index in [4.69, 9.17) is 0 Å². The molecule has 106 valence electrons. The Kier molecular flexibility index (Phi) is 4.81. The SMILES string of the molecule is CCNC(C)c1c(F)cccc1N1CCCC1CC. The van der Waals surface area contributed by atoms with Crippen LogP contribution in [0.5, 0.6) is 0 Å². The first-order valence-electron chi connectivity index (χ1n) is 7.47. The highest BCUT2D eigenvalue weighted by atomic mass is 19.1. The molecule has 19 heavy (non-hydrogen) atoms. The molecule has 0 saturated carbocycles. The number of hydrogen-bond donors (Lipinski definition) is 1. The summed E-state index contributed by atoms with van der Waals surface area (Å²) in [4.78, 5) is 2.40. The summed E-state index contributed by atoms with van der Waals surface area (Å²) in [6.07, 6.45) is 3.57. The van der Waals surface area contributed by atoms with Gasteiger partial charge in [0, 0.05) is 29.9 Å². The van der Waals surface area contributed by atoms with E-state index in [1.54, 1.807) is 6.07 Å². The highest BCUT2D eigenvalue weighted by molar-refractivity contribution is 5.57. The zero-order chi connectivity index (χ0) is 13.8. The standard InChI is InChI=1S/C16H25FN2/c1-4-13-8-7-11-19(13)15-10-6-9-14(17)16(15)12(3)18-5-2/h6,9-10,12-13,18H,4-5,7-8,11H2,1-3H3. The third-order valence-corrected chi connectivity index (χ3v) is 4.13. The summed E-state index contributed by atoms with van der Waals surface area (Å²) in [5, 5.41) is 3.33. The van der Waals surface area contributed by atoms with Crippen molar-refractivity contribution in [3.8, 4) is 0 Å². The van der Waals surface area contributed by atoms with Crippen molar-refractivity contribution in [3.63, 3.8) is 0 Å². The van der Waals surface area contributed by atoms with Crippen molar-refractivity contribution < 1.29 is 4.39 Å². The van der Waals surface area contributed by atoms with Gasteiger partial charge in [-0.3, -0.25) is 0 Å². The van der Waals surface area contributed by atoms with Gasteiger partial charge >= 0.3 is 0 Å². The molecule has 0 bridgehead atoms. The van der Waals surface area contributed by atoms with E-state index in [9.17, 15) is 4.39 Å². The summed E-state index contributed by atoms with van der Waals surface area (Å²) in [7, 11) is 0. The van der Waals surface area contributed by atoms with E-state index in [0.717, 1.165) is 30.8 Å². The zero-order valence-corrected chi connectivity index (χ0v) is 12.2. The third-order valence-electron chi connectivity index (χ3n) is 4.13. The van der Waals surface area contributed by atoms with Gasteiger partial charge in [-0.25, -0.2) is 4.39 Å². The predicted octanol–water partition coefficient (Wildman–Crippen LogP) is 3.88. The van der Waals surface area contributed by atoms with Gasteiger partial charge in [0.05, 0.1) is 0 Å². The summed E-state index contributed by atoms with van der Waals surface area (Å²) < 4.78 is 14.2. The van der Waals surface area contributed by atoms with Gasteiger partial charge in [-0.15, -0.1) is 0 Å². The number of nitrogens with one attached hydrogen (secondary N) is 1. The van der Waals surface area contributed by atoms with Crippen molar-refractivity contribution in [2.24, 2.45) is 0 Å². The Labute approximate surface area is 116 Å². The van der Waals surface area contributed by atoms with Crippen molar-refractivity contribution in [2.45, 2.75) is 52.1 Å². The first-order chi connectivity index (χ1) is 9.19. The van der Waals surface area contributed by atoms with Crippen molar-refractivity contribution in [3.05, 3.63) is 29.6 Å². The molecule has 1 aromatic carbocycles. The molecule has 1 aliphatic rings. The molecule has 0 aromatic heterocycles. The van der Waals surface area contributed by atoms with Crippen LogP contribution in [0.3, 0.4) is 0 Å². The lowest BCUT2D eigenvalue weighted by Gasteiger charge is -2.30. The molecule has 1 aliphatic heterocycles. The molecule has 2 atom stereocenters. The van der Waals surface area contributed by atoms with Crippen molar-refractivity contribution in [1.82, 2.24) is 5.32 Å². The Morgan fingerprint density at radius 1 is 1.42 bits per heavy atom. The van der Waals surface area contributed by atoms with Gasteiger partial charge in [0.2, 0.25) is 0 Å². The summed E-state index contributed by atoms with van der Waals surface area (Å²) in [6.45, 7) is 8.22. The first-order valence-corrected chi connectivity index (χ1v) is 7.47. The topological polar surface area (TPSA) is 15.3 Å². The molecule has 2 rings (SSSR count). The minimum atomic E-state index is -0.0901. The van der Waals surface area contributed by atoms with Gasteiger partial charge in [-0.1, -0.05) is 19.9 Å². The summed E-state index contributed by atoms with van der Waals surface area (Å²) in [5.74, 6) is -0.0901. The first kappa shape index (κ1) is 14.3. The van der Waals surface area contributed by atoms with E-state index in [2.05, 4.69) is 30.1 Å². The number of benzene rings is 1.